The van der Waals surface area contributed by atoms with Gasteiger partial charge in [0.1, 0.15) is 0 Å². The number of amides is 1. The van der Waals surface area contributed by atoms with Gasteiger partial charge in [-0.3, -0.25) is 4.79 Å². The standard InChI is InChI=1S/C19H23NO4S/c1-22-15-10-13(11-16(23-2)19(15)24-3)4-5-18(21)20-8-6-17-14(12-20)7-9-25-17/h7,9-11H,4-6,8,12H2,1-3H3. The molecule has 134 valence electrons. The fourth-order valence-electron chi connectivity index (χ4n) is 3.15. The van der Waals surface area contributed by atoms with Gasteiger partial charge in [-0.05, 0) is 47.5 Å². The number of hydrogen-bond acceptors (Lipinski definition) is 5. The minimum absolute atomic E-state index is 0.186. The molecule has 0 fully saturated rings. The van der Waals surface area contributed by atoms with Crippen LogP contribution < -0.4 is 14.2 Å². The van der Waals surface area contributed by atoms with Gasteiger partial charge in [0.15, 0.2) is 11.5 Å². The summed E-state index contributed by atoms with van der Waals surface area (Å²) in [6, 6.07) is 5.93. The number of methoxy groups -OCH3 is 3. The minimum atomic E-state index is 0.186. The Bertz CT molecular complexity index is 731. The van der Waals surface area contributed by atoms with Crippen LogP contribution in [0.25, 0.3) is 0 Å². The molecular formula is C19H23NO4S. The summed E-state index contributed by atoms with van der Waals surface area (Å²) in [6.45, 7) is 1.54. The van der Waals surface area contributed by atoms with Crippen molar-refractivity contribution in [2.24, 2.45) is 0 Å². The Morgan fingerprint density at radius 1 is 1.16 bits per heavy atom. The maximum atomic E-state index is 12.6. The van der Waals surface area contributed by atoms with Gasteiger partial charge in [0.25, 0.3) is 0 Å². The second-order valence-electron chi connectivity index (χ2n) is 5.97. The molecule has 0 N–H and O–H groups in total. The van der Waals surface area contributed by atoms with E-state index in [1.54, 1.807) is 32.7 Å². The zero-order valence-corrected chi connectivity index (χ0v) is 15.6. The van der Waals surface area contributed by atoms with Crippen molar-refractivity contribution < 1.29 is 19.0 Å². The number of hydrogen-bond donors (Lipinski definition) is 0. The molecule has 1 aliphatic heterocycles. The molecule has 0 atom stereocenters. The van der Waals surface area contributed by atoms with Gasteiger partial charge in [-0.1, -0.05) is 0 Å². The topological polar surface area (TPSA) is 48.0 Å². The second kappa shape index (κ2) is 7.78. The molecule has 1 aromatic heterocycles. The molecule has 0 unspecified atom stereocenters. The first kappa shape index (κ1) is 17.6. The lowest BCUT2D eigenvalue weighted by molar-refractivity contribution is -0.132. The second-order valence-corrected chi connectivity index (χ2v) is 6.97. The normalized spacial score (nSPS) is 13.3. The van der Waals surface area contributed by atoms with Gasteiger partial charge in [0.05, 0.1) is 21.3 Å². The lowest BCUT2D eigenvalue weighted by atomic mass is 10.1. The molecule has 3 rings (SSSR count). The molecule has 2 heterocycles. The summed E-state index contributed by atoms with van der Waals surface area (Å²) in [5.74, 6) is 1.99. The number of carbonyl (C=O) groups excluding carboxylic acids is 1. The number of carbonyl (C=O) groups is 1. The average Bonchev–Trinajstić information content (AvgIpc) is 3.12. The van der Waals surface area contributed by atoms with Crippen molar-refractivity contribution in [3.63, 3.8) is 0 Å². The molecule has 1 aromatic carbocycles. The van der Waals surface area contributed by atoms with Gasteiger partial charge in [-0.15, -0.1) is 11.3 Å². The van der Waals surface area contributed by atoms with E-state index in [9.17, 15) is 4.79 Å². The van der Waals surface area contributed by atoms with Crippen LogP contribution in [-0.2, 0) is 24.2 Å². The largest absolute Gasteiger partial charge is 0.493 e. The van der Waals surface area contributed by atoms with E-state index in [4.69, 9.17) is 14.2 Å². The van der Waals surface area contributed by atoms with Crippen LogP contribution in [0, 0.1) is 0 Å². The molecule has 0 radical (unpaired) electrons. The predicted octanol–water partition coefficient (Wildman–Crippen LogP) is 3.29. The van der Waals surface area contributed by atoms with Crippen LogP contribution in [0.3, 0.4) is 0 Å². The smallest absolute Gasteiger partial charge is 0.223 e. The Morgan fingerprint density at radius 3 is 2.52 bits per heavy atom. The van der Waals surface area contributed by atoms with E-state index >= 15 is 0 Å². The molecule has 0 aliphatic carbocycles. The van der Waals surface area contributed by atoms with Gasteiger partial charge < -0.3 is 19.1 Å². The summed E-state index contributed by atoms with van der Waals surface area (Å²) >= 11 is 1.78. The Kier molecular flexibility index (Phi) is 5.48. The molecule has 0 saturated heterocycles. The summed E-state index contributed by atoms with van der Waals surface area (Å²) in [4.78, 5) is 15.9. The highest BCUT2D eigenvalue weighted by Crippen LogP contribution is 2.38. The SMILES string of the molecule is COc1cc(CCC(=O)N2CCc3sccc3C2)cc(OC)c1OC. The van der Waals surface area contributed by atoms with Gasteiger partial charge >= 0.3 is 0 Å². The van der Waals surface area contributed by atoms with E-state index in [0.717, 1.165) is 25.1 Å². The van der Waals surface area contributed by atoms with Crippen LogP contribution in [0.2, 0.25) is 0 Å². The lowest BCUT2D eigenvalue weighted by Crippen LogP contribution is -2.35. The van der Waals surface area contributed by atoms with Crippen molar-refractivity contribution in [3.05, 3.63) is 39.6 Å². The third kappa shape index (κ3) is 3.74. The predicted molar refractivity (Wildman–Crippen MR) is 97.9 cm³/mol. The van der Waals surface area contributed by atoms with E-state index in [2.05, 4.69) is 11.4 Å². The van der Waals surface area contributed by atoms with Crippen LogP contribution in [0.4, 0.5) is 0 Å². The van der Waals surface area contributed by atoms with Crippen LogP contribution in [0.5, 0.6) is 17.2 Å². The first-order valence-corrected chi connectivity index (χ1v) is 9.16. The molecule has 1 aliphatic rings. The number of thiophene rings is 1. The van der Waals surface area contributed by atoms with Gasteiger partial charge in [0, 0.05) is 24.4 Å². The fourth-order valence-corrected chi connectivity index (χ4v) is 4.04. The Labute approximate surface area is 152 Å². The van der Waals surface area contributed by atoms with Crippen molar-refractivity contribution in [1.29, 1.82) is 0 Å². The van der Waals surface area contributed by atoms with E-state index in [1.807, 2.05) is 17.0 Å². The first-order valence-electron chi connectivity index (χ1n) is 8.28. The molecule has 1 amide bonds. The van der Waals surface area contributed by atoms with E-state index < -0.39 is 0 Å². The van der Waals surface area contributed by atoms with Crippen LogP contribution in [0.15, 0.2) is 23.6 Å². The van der Waals surface area contributed by atoms with Crippen molar-refractivity contribution in [1.82, 2.24) is 4.90 Å². The first-order chi connectivity index (χ1) is 12.2. The highest BCUT2D eigenvalue weighted by molar-refractivity contribution is 7.10. The average molecular weight is 361 g/mol. The lowest BCUT2D eigenvalue weighted by Gasteiger charge is -2.27. The quantitative estimate of drug-likeness (QED) is 0.792. The number of fused-ring (bicyclic) bond motifs is 1. The summed E-state index contributed by atoms with van der Waals surface area (Å²) in [7, 11) is 4.77. The molecule has 0 bridgehead atoms. The van der Waals surface area contributed by atoms with Crippen LogP contribution in [-0.4, -0.2) is 38.7 Å². The Hall–Kier alpha value is -2.21. The maximum absolute atomic E-state index is 12.6. The fraction of sp³-hybridized carbons (Fsp3) is 0.421. The number of rotatable bonds is 6. The Balaban J connectivity index is 1.66. The highest BCUT2D eigenvalue weighted by atomic mass is 32.1. The number of benzene rings is 1. The number of ether oxygens (including phenoxy) is 3. The van der Waals surface area contributed by atoms with Crippen molar-refractivity contribution in [3.8, 4) is 17.2 Å². The van der Waals surface area contributed by atoms with Crippen molar-refractivity contribution >= 4 is 17.2 Å². The highest BCUT2D eigenvalue weighted by Gasteiger charge is 2.21. The molecule has 0 saturated carbocycles. The molecule has 2 aromatic rings. The van der Waals surface area contributed by atoms with E-state index in [-0.39, 0.29) is 5.91 Å². The van der Waals surface area contributed by atoms with Crippen LogP contribution >= 0.6 is 11.3 Å². The summed E-state index contributed by atoms with van der Waals surface area (Å²) in [6.07, 6.45) is 2.07. The molecule has 25 heavy (non-hydrogen) atoms. The zero-order valence-electron chi connectivity index (χ0n) is 14.8. The number of aryl methyl sites for hydroxylation is 1. The number of nitrogens with zero attached hydrogens (tertiary/aromatic N) is 1. The molecular weight excluding hydrogens is 338 g/mol. The van der Waals surface area contributed by atoms with Gasteiger partial charge in [0.2, 0.25) is 11.7 Å². The monoisotopic (exact) mass is 361 g/mol. The van der Waals surface area contributed by atoms with E-state index in [0.29, 0.717) is 30.1 Å². The Morgan fingerprint density at radius 2 is 1.88 bits per heavy atom. The minimum Gasteiger partial charge on any atom is -0.493 e. The maximum Gasteiger partial charge on any atom is 0.223 e. The molecule has 5 nitrogen and oxygen atoms in total. The summed E-state index contributed by atoms with van der Waals surface area (Å²) in [5, 5.41) is 2.11. The van der Waals surface area contributed by atoms with Crippen molar-refractivity contribution in [2.75, 3.05) is 27.9 Å². The third-order valence-corrected chi connectivity index (χ3v) is 5.54. The van der Waals surface area contributed by atoms with Gasteiger partial charge in [-0.2, -0.15) is 0 Å². The molecule has 6 heteroatoms. The summed E-state index contributed by atoms with van der Waals surface area (Å²) in [5.41, 5.74) is 2.29. The van der Waals surface area contributed by atoms with Gasteiger partial charge in [-0.25, -0.2) is 0 Å². The van der Waals surface area contributed by atoms with E-state index in [1.165, 1.54) is 10.4 Å². The van der Waals surface area contributed by atoms with Crippen molar-refractivity contribution in [2.45, 2.75) is 25.8 Å². The molecule has 0 spiro atoms. The zero-order chi connectivity index (χ0) is 17.8. The van der Waals surface area contributed by atoms with Crippen LogP contribution in [0.1, 0.15) is 22.4 Å². The summed E-state index contributed by atoms with van der Waals surface area (Å²) < 4.78 is 16.1. The third-order valence-electron chi connectivity index (χ3n) is 4.51.